The number of hydrogen-bond acceptors (Lipinski definition) is 4. The summed E-state index contributed by atoms with van der Waals surface area (Å²) in [4.78, 5) is 20.4. The quantitative estimate of drug-likeness (QED) is 0.455. The fourth-order valence-electron chi connectivity index (χ4n) is 1.88. The molecular weight excluding hydrogens is 234 g/mol. The molecule has 1 heterocycles. The summed E-state index contributed by atoms with van der Waals surface area (Å²) < 4.78 is 5.68. The van der Waals surface area contributed by atoms with Crippen molar-refractivity contribution in [3.8, 4) is 0 Å². The largest absolute Gasteiger partial charge is 0.490 e. The van der Waals surface area contributed by atoms with Gasteiger partial charge in [-0.3, -0.25) is 10.1 Å². The molecule has 1 unspecified atom stereocenters. The van der Waals surface area contributed by atoms with E-state index in [9.17, 15) is 14.9 Å². The van der Waals surface area contributed by atoms with Gasteiger partial charge in [0.1, 0.15) is 18.1 Å². The summed E-state index contributed by atoms with van der Waals surface area (Å²) in [5, 5.41) is 10.5. The maximum Gasteiger partial charge on any atom is 0.269 e. The predicted molar refractivity (Wildman–Crippen MR) is 65.9 cm³/mol. The van der Waals surface area contributed by atoms with Crippen LogP contribution >= 0.6 is 0 Å². The zero-order chi connectivity index (χ0) is 13.0. The molecule has 0 fully saturated rings. The van der Waals surface area contributed by atoms with Crippen molar-refractivity contribution in [1.82, 2.24) is 0 Å². The Morgan fingerprint density at radius 2 is 2.11 bits per heavy atom. The second-order valence-electron chi connectivity index (χ2n) is 4.09. The summed E-state index contributed by atoms with van der Waals surface area (Å²) in [6.07, 6.45) is 4.85. The van der Waals surface area contributed by atoms with Crippen LogP contribution in [0.3, 0.4) is 0 Å². The van der Waals surface area contributed by atoms with E-state index >= 15 is 0 Å². The van der Waals surface area contributed by atoms with Crippen LogP contribution < -0.4 is 0 Å². The lowest BCUT2D eigenvalue weighted by Crippen LogP contribution is -2.05. The molecular formula is C13H13NO4. The first-order chi connectivity index (χ1) is 8.70. The molecule has 0 radical (unpaired) electrons. The molecule has 18 heavy (non-hydrogen) atoms. The summed E-state index contributed by atoms with van der Waals surface area (Å²) in [7, 11) is 0. The van der Waals surface area contributed by atoms with Gasteiger partial charge in [0.05, 0.1) is 4.92 Å². The van der Waals surface area contributed by atoms with E-state index in [4.69, 9.17) is 4.74 Å². The van der Waals surface area contributed by atoms with Gasteiger partial charge in [0.2, 0.25) is 0 Å². The van der Waals surface area contributed by atoms with E-state index in [1.807, 2.05) is 6.08 Å². The molecule has 1 aromatic rings. The third-order valence-corrected chi connectivity index (χ3v) is 2.83. The summed E-state index contributed by atoms with van der Waals surface area (Å²) in [5.74, 6) is 0.737. The highest BCUT2D eigenvalue weighted by atomic mass is 16.6. The molecule has 1 aliphatic heterocycles. The number of ether oxygens (including phenoxy) is 1. The number of carbonyl (C=O) groups excluding carboxylic acids is 1. The third kappa shape index (κ3) is 2.74. The number of non-ortho nitro benzene ring substituents is 1. The molecule has 5 heteroatoms. The first-order valence-electron chi connectivity index (χ1n) is 5.76. The van der Waals surface area contributed by atoms with Gasteiger partial charge in [-0.15, -0.1) is 0 Å². The first-order valence-corrected chi connectivity index (χ1v) is 5.76. The van der Waals surface area contributed by atoms with Gasteiger partial charge >= 0.3 is 0 Å². The molecule has 0 aromatic heterocycles. The molecule has 0 aliphatic carbocycles. The smallest absolute Gasteiger partial charge is 0.269 e. The van der Waals surface area contributed by atoms with E-state index in [0.717, 1.165) is 24.0 Å². The average molecular weight is 247 g/mol. The summed E-state index contributed by atoms with van der Waals surface area (Å²) in [6.45, 7) is 0. The van der Waals surface area contributed by atoms with E-state index in [2.05, 4.69) is 0 Å². The van der Waals surface area contributed by atoms with Crippen molar-refractivity contribution in [2.45, 2.75) is 25.4 Å². The minimum atomic E-state index is -0.430. The lowest BCUT2D eigenvalue weighted by Gasteiger charge is -2.11. The monoisotopic (exact) mass is 247 g/mol. The maximum atomic E-state index is 10.5. The lowest BCUT2D eigenvalue weighted by atomic mass is 10.1. The maximum absolute atomic E-state index is 10.5. The van der Waals surface area contributed by atoms with Crippen LogP contribution in [-0.4, -0.2) is 17.3 Å². The molecule has 5 nitrogen and oxygen atoms in total. The summed E-state index contributed by atoms with van der Waals surface area (Å²) in [5.41, 5.74) is 0.893. The SMILES string of the molecule is O=CCCC1CC=C(c2ccc([N+](=O)[O-])cc2)O1. The van der Waals surface area contributed by atoms with Crippen molar-refractivity contribution < 1.29 is 14.5 Å². The molecule has 0 amide bonds. The lowest BCUT2D eigenvalue weighted by molar-refractivity contribution is -0.384. The van der Waals surface area contributed by atoms with Gasteiger partial charge in [0.25, 0.3) is 5.69 Å². The second kappa shape index (κ2) is 5.44. The van der Waals surface area contributed by atoms with Crippen LogP contribution in [0, 0.1) is 10.1 Å². The Hall–Kier alpha value is -2.17. The van der Waals surface area contributed by atoms with Crippen LogP contribution in [-0.2, 0) is 9.53 Å². The Kier molecular flexibility index (Phi) is 3.72. The van der Waals surface area contributed by atoms with Crippen LogP contribution in [0.2, 0.25) is 0 Å². The minimum absolute atomic E-state index is 0.0420. The normalized spacial score (nSPS) is 18.0. The van der Waals surface area contributed by atoms with E-state index in [1.54, 1.807) is 12.1 Å². The fourth-order valence-corrected chi connectivity index (χ4v) is 1.88. The van der Waals surface area contributed by atoms with Gasteiger partial charge in [-0.05, 0) is 24.6 Å². The molecule has 1 atom stereocenters. The molecule has 0 saturated carbocycles. The van der Waals surface area contributed by atoms with E-state index < -0.39 is 4.92 Å². The Balaban J connectivity index is 2.01. The molecule has 0 N–H and O–H groups in total. The van der Waals surface area contributed by atoms with Crippen molar-refractivity contribution in [3.05, 3.63) is 46.0 Å². The van der Waals surface area contributed by atoms with Gasteiger partial charge in [0, 0.05) is 30.5 Å². The van der Waals surface area contributed by atoms with Gasteiger partial charge in [-0.1, -0.05) is 0 Å². The fraction of sp³-hybridized carbons (Fsp3) is 0.308. The zero-order valence-electron chi connectivity index (χ0n) is 9.74. The topological polar surface area (TPSA) is 69.4 Å². The van der Waals surface area contributed by atoms with Crippen LogP contribution in [0.5, 0.6) is 0 Å². The van der Waals surface area contributed by atoms with Crippen LogP contribution in [0.4, 0.5) is 5.69 Å². The van der Waals surface area contributed by atoms with Crippen molar-refractivity contribution in [2.75, 3.05) is 0 Å². The average Bonchev–Trinajstić information content (AvgIpc) is 2.85. The molecule has 2 rings (SSSR count). The Morgan fingerprint density at radius 1 is 1.39 bits per heavy atom. The highest BCUT2D eigenvalue weighted by molar-refractivity contribution is 5.62. The third-order valence-electron chi connectivity index (χ3n) is 2.83. The van der Waals surface area contributed by atoms with Crippen molar-refractivity contribution in [1.29, 1.82) is 0 Å². The predicted octanol–water partition coefficient (Wildman–Crippen LogP) is 2.70. The first kappa shape index (κ1) is 12.3. The second-order valence-corrected chi connectivity index (χ2v) is 4.09. The molecule has 0 bridgehead atoms. The number of nitrogens with zero attached hydrogens (tertiary/aromatic N) is 1. The number of benzene rings is 1. The zero-order valence-corrected chi connectivity index (χ0v) is 9.74. The van der Waals surface area contributed by atoms with Gasteiger partial charge < -0.3 is 9.53 Å². The van der Waals surface area contributed by atoms with E-state index in [-0.39, 0.29) is 11.8 Å². The van der Waals surface area contributed by atoms with Crippen molar-refractivity contribution in [2.24, 2.45) is 0 Å². The van der Waals surface area contributed by atoms with E-state index in [0.29, 0.717) is 12.8 Å². The molecule has 1 aromatic carbocycles. The highest BCUT2D eigenvalue weighted by Gasteiger charge is 2.19. The number of aldehydes is 1. The summed E-state index contributed by atoms with van der Waals surface area (Å²) in [6, 6.07) is 6.26. The Morgan fingerprint density at radius 3 is 2.72 bits per heavy atom. The number of hydrogen-bond donors (Lipinski definition) is 0. The van der Waals surface area contributed by atoms with Crippen LogP contribution in [0.15, 0.2) is 30.3 Å². The Bertz CT molecular complexity index is 478. The minimum Gasteiger partial charge on any atom is -0.490 e. The van der Waals surface area contributed by atoms with Crippen LogP contribution in [0.25, 0.3) is 5.76 Å². The molecule has 94 valence electrons. The standard InChI is InChI=1S/C13H13NO4/c15-9-1-2-12-7-8-13(18-12)10-3-5-11(6-4-10)14(16)17/h3-6,8-9,12H,1-2,7H2. The number of rotatable bonds is 5. The van der Waals surface area contributed by atoms with Gasteiger partial charge in [-0.2, -0.15) is 0 Å². The molecule has 0 saturated heterocycles. The number of nitro groups is 1. The number of nitro benzene ring substituents is 1. The van der Waals surface area contributed by atoms with Crippen LogP contribution in [0.1, 0.15) is 24.8 Å². The van der Waals surface area contributed by atoms with E-state index in [1.165, 1.54) is 12.1 Å². The number of carbonyl (C=O) groups is 1. The Labute approximate surface area is 104 Å². The van der Waals surface area contributed by atoms with Gasteiger partial charge in [0.15, 0.2) is 0 Å². The highest BCUT2D eigenvalue weighted by Crippen LogP contribution is 2.29. The molecule has 0 spiro atoms. The molecule has 1 aliphatic rings. The summed E-state index contributed by atoms with van der Waals surface area (Å²) >= 11 is 0. The van der Waals surface area contributed by atoms with Gasteiger partial charge in [-0.25, -0.2) is 0 Å². The van der Waals surface area contributed by atoms with Crippen molar-refractivity contribution in [3.63, 3.8) is 0 Å². The van der Waals surface area contributed by atoms with Crippen molar-refractivity contribution >= 4 is 17.7 Å².